The lowest BCUT2D eigenvalue weighted by atomic mass is 10.4. The number of hydrogen-bond acceptors (Lipinski definition) is 4. The Hall–Kier alpha value is -0.110. The zero-order chi connectivity index (χ0) is 10.2. The van der Waals surface area contributed by atoms with Crippen molar-refractivity contribution in [1.82, 2.24) is 5.32 Å². The van der Waals surface area contributed by atoms with Crippen LogP contribution in [-0.4, -0.2) is 31.5 Å². The van der Waals surface area contributed by atoms with E-state index in [1.807, 2.05) is 12.1 Å². The number of furan rings is 1. The van der Waals surface area contributed by atoms with Gasteiger partial charge in [0.2, 0.25) is 0 Å². The fourth-order valence-electron chi connectivity index (χ4n) is 0.969. The summed E-state index contributed by atoms with van der Waals surface area (Å²) in [6.07, 6.45) is 0. The number of hydrogen-bond donors (Lipinski definition) is 2. The number of aliphatic hydroxyl groups excluding tert-OH is 1. The third-order valence-electron chi connectivity index (χ3n) is 1.59. The van der Waals surface area contributed by atoms with E-state index < -0.39 is 0 Å². The molecule has 0 spiro atoms. The maximum absolute atomic E-state index is 8.44. The zero-order valence-electron chi connectivity index (χ0n) is 7.83. The van der Waals surface area contributed by atoms with Gasteiger partial charge in [0.1, 0.15) is 5.76 Å². The molecule has 1 heterocycles. The van der Waals surface area contributed by atoms with E-state index in [-0.39, 0.29) is 6.61 Å². The summed E-state index contributed by atoms with van der Waals surface area (Å²) < 4.78 is 11.3. The number of ether oxygens (including phenoxy) is 1. The van der Waals surface area contributed by atoms with Crippen LogP contribution in [0, 0.1) is 3.77 Å². The molecule has 0 unspecified atom stereocenters. The van der Waals surface area contributed by atoms with Gasteiger partial charge in [-0.15, -0.1) is 0 Å². The highest BCUT2D eigenvalue weighted by molar-refractivity contribution is 14.1. The third-order valence-corrected chi connectivity index (χ3v) is 2.17. The van der Waals surface area contributed by atoms with Crippen molar-refractivity contribution in [3.8, 4) is 0 Å². The molecule has 14 heavy (non-hydrogen) atoms. The van der Waals surface area contributed by atoms with Crippen LogP contribution >= 0.6 is 22.6 Å². The molecule has 80 valence electrons. The van der Waals surface area contributed by atoms with Crippen LogP contribution in [0.5, 0.6) is 0 Å². The molecule has 0 saturated carbocycles. The van der Waals surface area contributed by atoms with Crippen molar-refractivity contribution in [2.75, 3.05) is 26.4 Å². The Morgan fingerprint density at radius 3 is 2.93 bits per heavy atom. The molecule has 0 aromatic carbocycles. The molecule has 0 aliphatic carbocycles. The molecule has 4 nitrogen and oxygen atoms in total. The van der Waals surface area contributed by atoms with Gasteiger partial charge in [-0.3, -0.25) is 0 Å². The second-order valence-electron chi connectivity index (χ2n) is 2.72. The van der Waals surface area contributed by atoms with E-state index in [0.717, 1.165) is 16.1 Å². The standard InChI is InChI=1S/C9H14INO3/c10-9-2-1-8(14-9)7-11-3-5-13-6-4-12/h1-2,11-12H,3-7H2. The normalized spacial score (nSPS) is 10.7. The average molecular weight is 311 g/mol. The van der Waals surface area contributed by atoms with Crippen LogP contribution in [0.25, 0.3) is 0 Å². The van der Waals surface area contributed by atoms with Gasteiger partial charge >= 0.3 is 0 Å². The van der Waals surface area contributed by atoms with Crippen molar-refractivity contribution in [3.63, 3.8) is 0 Å². The maximum atomic E-state index is 8.44. The van der Waals surface area contributed by atoms with Crippen LogP contribution in [-0.2, 0) is 11.3 Å². The first-order chi connectivity index (χ1) is 6.83. The SMILES string of the molecule is OCCOCCNCc1ccc(I)o1. The van der Waals surface area contributed by atoms with Crippen molar-refractivity contribution in [2.45, 2.75) is 6.54 Å². The minimum absolute atomic E-state index is 0.0797. The Bertz CT molecular complexity index is 252. The van der Waals surface area contributed by atoms with E-state index in [1.165, 1.54) is 0 Å². The molecule has 1 aromatic heterocycles. The Morgan fingerprint density at radius 1 is 1.43 bits per heavy atom. The fraction of sp³-hybridized carbons (Fsp3) is 0.556. The number of nitrogens with one attached hydrogen (secondary N) is 1. The lowest BCUT2D eigenvalue weighted by Gasteiger charge is -2.02. The topological polar surface area (TPSA) is 54.6 Å². The van der Waals surface area contributed by atoms with Gasteiger partial charge < -0.3 is 19.6 Å². The molecule has 0 fully saturated rings. The summed E-state index contributed by atoms with van der Waals surface area (Å²) >= 11 is 2.13. The molecule has 1 rings (SSSR count). The molecule has 5 heteroatoms. The third kappa shape index (κ3) is 4.94. The number of rotatable bonds is 7. The van der Waals surface area contributed by atoms with Gasteiger partial charge in [0, 0.05) is 6.54 Å². The largest absolute Gasteiger partial charge is 0.454 e. The van der Waals surface area contributed by atoms with Crippen LogP contribution < -0.4 is 5.32 Å². The van der Waals surface area contributed by atoms with Crippen molar-refractivity contribution < 1.29 is 14.3 Å². The maximum Gasteiger partial charge on any atom is 0.164 e. The predicted octanol–water partition coefficient (Wildman–Crippen LogP) is 0.983. The molecular weight excluding hydrogens is 297 g/mol. The summed E-state index contributed by atoms with van der Waals surface area (Å²) in [6, 6.07) is 3.88. The van der Waals surface area contributed by atoms with E-state index >= 15 is 0 Å². The van der Waals surface area contributed by atoms with Gasteiger partial charge in [0.05, 0.1) is 26.4 Å². The van der Waals surface area contributed by atoms with E-state index in [4.69, 9.17) is 14.3 Å². The summed E-state index contributed by atoms with van der Waals surface area (Å²) in [7, 11) is 0. The first-order valence-corrected chi connectivity index (χ1v) is 5.54. The first-order valence-electron chi connectivity index (χ1n) is 4.46. The molecule has 0 aliphatic rings. The molecule has 0 saturated heterocycles. The van der Waals surface area contributed by atoms with Crippen molar-refractivity contribution in [2.24, 2.45) is 0 Å². The van der Waals surface area contributed by atoms with Crippen molar-refractivity contribution in [1.29, 1.82) is 0 Å². The smallest absolute Gasteiger partial charge is 0.164 e. The lowest BCUT2D eigenvalue weighted by molar-refractivity contribution is 0.0935. The quantitative estimate of drug-likeness (QED) is 0.582. The highest BCUT2D eigenvalue weighted by atomic mass is 127. The highest BCUT2D eigenvalue weighted by Crippen LogP contribution is 2.09. The fourth-order valence-corrected chi connectivity index (χ4v) is 1.43. The second-order valence-corrected chi connectivity index (χ2v) is 3.78. The summed E-state index contributed by atoms with van der Waals surface area (Å²) in [5.41, 5.74) is 0. The molecule has 0 bridgehead atoms. The van der Waals surface area contributed by atoms with E-state index in [9.17, 15) is 0 Å². The molecule has 0 radical (unpaired) electrons. The molecule has 0 atom stereocenters. The Labute approximate surface area is 96.8 Å². The second kappa shape index (κ2) is 7.22. The number of halogens is 1. The summed E-state index contributed by atoms with van der Waals surface area (Å²) in [6.45, 7) is 2.57. The zero-order valence-corrected chi connectivity index (χ0v) is 9.99. The van der Waals surface area contributed by atoms with Gasteiger partial charge in [-0.05, 0) is 34.7 Å². The number of aliphatic hydroxyl groups is 1. The van der Waals surface area contributed by atoms with Crippen LogP contribution in [0.15, 0.2) is 16.5 Å². The van der Waals surface area contributed by atoms with Gasteiger partial charge in [-0.25, -0.2) is 0 Å². The summed E-state index contributed by atoms with van der Waals surface area (Å²) in [4.78, 5) is 0. The highest BCUT2D eigenvalue weighted by Gasteiger charge is 1.97. The van der Waals surface area contributed by atoms with Crippen LogP contribution in [0.2, 0.25) is 0 Å². The molecule has 1 aromatic rings. The Kier molecular flexibility index (Phi) is 6.17. The van der Waals surface area contributed by atoms with Crippen molar-refractivity contribution >= 4 is 22.6 Å². The van der Waals surface area contributed by atoms with E-state index in [2.05, 4.69) is 27.9 Å². The van der Waals surface area contributed by atoms with Gasteiger partial charge in [-0.2, -0.15) is 0 Å². The van der Waals surface area contributed by atoms with E-state index in [1.54, 1.807) is 0 Å². The predicted molar refractivity (Wildman–Crippen MR) is 61.0 cm³/mol. The van der Waals surface area contributed by atoms with Gasteiger partial charge in [0.25, 0.3) is 0 Å². The molecule has 0 aliphatic heterocycles. The molecule has 2 N–H and O–H groups in total. The summed E-state index contributed by atoms with van der Waals surface area (Å²) in [5, 5.41) is 11.6. The minimum atomic E-state index is 0.0797. The molecule has 0 amide bonds. The average Bonchev–Trinajstić information content (AvgIpc) is 2.58. The minimum Gasteiger partial charge on any atom is -0.454 e. The monoisotopic (exact) mass is 311 g/mol. The Morgan fingerprint density at radius 2 is 2.29 bits per heavy atom. The first kappa shape index (κ1) is 12.0. The van der Waals surface area contributed by atoms with Gasteiger partial charge in [-0.1, -0.05) is 0 Å². The van der Waals surface area contributed by atoms with Crippen LogP contribution in [0.3, 0.4) is 0 Å². The lowest BCUT2D eigenvalue weighted by Crippen LogP contribution is -2.19. The summed E-state index contributed by atoms with van der Waals surface area (Å²) in [5.74, 6) is 0.927. The van der Waals surface area contributed by atoms with Gasteiger partial charge in [0.15, 0.2) is 3.77 Å². The molecular formula is C9H14INO3. The Balaban J connectivity index is 1.99. The van der Waals surface area contributed by atoms with E-state index in [0.29, 0.717) is 19.8 Å². The van der Waals surface area contributed by atoms with Crippen molar-refractivity contribution in [3.05, 3.63) is 21.7 Å². The van der Waals surface area contributed by atoms with Crippen LogP contribution in [0.4, 0.5) is 0 Å². The van der Waals surface area contributed by atoms with Crippen LogP contribution in [0.1, 0.15) is 5.76 Å².